The zero-order valence-corrected chi connectivity index (χ0v) is 10.5. The second-order valence-corrected chi connectivity index (χ2v) is 4.12. The zero-order valence-electron chi connectivity index (χ0n) is 10.5. The van der Waals surface area contributed by atoms with Gasteiger partial charge in [-0.2, -0.15) is 0 Å². The molecule has 1 heterocycles. The van der Waals surface area contributed by atoms with Crippen LogP contribution in [-0.2, 0) is 0 Å². The maximum Gasteiger partial charge on any atom is 0.119 e. The van der Waals surface area contributed by atoms with E-state index >= 15 is 0 Å². The van der Waals surface area contributed by atoms with Crippen LogP contribution in [0.4, 0.5) is 0 Å². The molecule has 0 N–H and O–H groups in total. The third kappa shape index (κ3) is 4.58. The lowest BCUT2D eigenvalue weighted by Crippen LogP contribution is -1.97. The smallest absolute Gasteiger partial charge is 0.119 e. The monoisotopic (exact) mass is 240 g/mol. The molecule has 93 valence electrons. The largest absolute Gasteiger partial charge is 0.494 e. The Kier molecular flexibility index (Phi) is 5.25. The lowest BCUT2D eigenvalue weighted by molar-refractivity contribution is 0.307. The topological polar surface area (TPSA) is 22.1 Å². The molecule has 0 saturated heterocycles. The molecule has 2 heteroatoms. The normalized spacial score (nSPS) is 10.2. The number of benzene rings is 1. The molecule has 0 spiro atoms. The summed E-state index contributed by atoms with van der Waals surface area (Å²) in [6, 6.07) is 15.9. The van der Waals surface area contributed by atoms with Gasteiger partial charge in [0.05, 0.1) is 6.61 Å². The minimum atomic E-state index is 0.778. The van der Waals surface area contributed by atoms with Gasteiger partial charge in [-0.05, 0) is 43.5 Å². The Morgan fingerprint density at radius 2 is 1.78 bits per heavy atom. The summed E-state index contributed by atoms with van der Waals surface area (Å²) >= 11 is 0. The molecule has 0 unspecified atom stereocenters. The van der Waals surface area contributed by atoms with Crippen molar-refractivity contribution in [1.82, 2.24) is 4.98 Å². The van der Waals surface area contributed by atoms with E-state index in [0.717, 1.165) is 37.3 Å². The quantitative estimate of drug-likeness (QED) is 0.685. The Balaban J connectivity index is 1.54. The molecule has 18 heavy (non-hydrogen) atoms. The molecule has 1 radical (unpaired) electrons. The Labute approximate surface area is 109 Å². The molecule has 0 fully saturated rings. The number of aromatic nitrogens is 1. The summed E-state index contributed by atoms with van der Waals surface area (Å²) in [6.07, 6.45) is 7.24. The van der Waals surface area contributed by atoms with Crippen molar-refractivity contribution in [1.29, 1.82) is 0 Å². The second kappa shape index (κ2) is 7.49. The first-order valence-electron chi connectivity index (χ1n) is 6.37. The highest BCUT2D eigenvalue weighted by atomic mass is 16.5. The van der Waals surface area contributed by atoms with Gasteiger partial charge in [0.1, 0.15) is 5.75 Å². The summed E-state index contributed by atoms with van der Waals surface area (Å²) in [7, 11) is 0. The van der Waals surface area contributed by atoms with Crippen molar-refractivity contribution in [3.8, 4) is 5.75 Å². The van der Waals surface area contributed by atoms with Gasteiger partial charge in [0.15, 0.2) is 0 Å². The standard InChI is InChI=1S/C16H18NO/c1-4-11-16(12-5-1)18-14-8-2-3-9-15-10-6-7-13-17-15/h1,4-7,9-13H,2-3,8,14H2. The van der Waals surface area contributed by atoms with Crippen LogP contribution in [0.25, 0.3) is 0 Å². The Morgan fingerprint density at radius 1 is 0.944 bits per heavy atom. The molecule has 2 aromatic rings. The predicted molar refractivity (Wildman–Crippen MR) is 73.4 cm³/mol. The van der Waals surface area contributed by atoms with Crippen LogP contribution in [0.15, 0.2) is 54.7 Å². The van der Waals surface area contributed by atoms with E-state index in [9.17, 15) is 0 Å². The number of hydrogen-bond donors (Lipinski definition) is 0. The highest BCUT2D eigenvalue weighted by molar-refractivity contribution is 5.20. The van der Waals surface area contributed by atoms with Crippen molar-refractivity contribution < 1.29 is 4.74 Å². The van der Waals surface area contributed by atoms with Crippen molar-refractivity contribution in [2.75, 3.05) is 6.61 Å². The predicted octanol–water partition coefficient (Wildman–Crippen LogP) is 3.88. The van der Waals surface area contributed by atoms with Crippen LogP contribution in [0.3, 0.4) is 0 Å². The number of unbranched alkanes of at least 4 members (excludes halogenated alkanes) is 2. The third-order valence-corrected chi connectivity index (χ3v) is 2.65. The van der Waals surface area contributed by atoms with E-state index < -0.39 is 0 Å². The van der Waals surface area contributed by atoms with Crippen molar-refractivity contribution in [3.05, 3.63) is 66.8 Å². The van der Waals surface area contributed by atoms with Gasteiger partial charge in [0, 0.05) is 18.3 Å². The SMILES string of the molecule is [CH](CCCCOc1ccccc1)c1ccccn1. The maximum absolute atomic E-state index is 5.63. The van der Waals surface area contributed by atoms with E-state index in [4.69, 9.17) is 4.74 Å². The number of ether oxygens (including phenoxy) is 1. The van der Waals surface area contributed by atoms with Crippen LogP contribution >= 0.6 is 0 Å². The van der Waals surface area contributed by atoms with E-state index in [1.165, 1.54) is 0 Å². The first-order valence-corrected chi connectivity index (χ1v) is 6.37. The molecular weight excluding hydrogens is 222 g/mol. The number of nitrogens with zero attached hydrogens (tertiary/aromatic N) is 1. The fourth-order valence-electron chi connectivity index (χ4n) is 1.70. The van der Waals surface area contributed by atoms with Crippen LogP contribution in [-0.4, -0.2) is 11.6 Å². The van der Waals surface area contributed by atoms with Gasteiger partial charge in [-0.3, -0.25) is 4.98 Å². The summed E-state index contributed by atoms with van der Waals surface area (Å²) in [5, 5.41) is 0. The van der Waals surface area contributed by atoms with Gasteiger partial charge in [-0.25, -0.2) is 0 Å². The molecule has 0 aliphatic heterocycles. The molecule has 0 saturated carbocycles. The lowest BCUT2D eigenvalue weighted by atomic mass is 10.1. The van der Waals surface area contributed by atoms with Gasteiger partial charge in [0.2, 0.25) is 0 Å². The van der Waals surface area contributed by atoms with Crippen LogP contribution in [0, 0.1) is 6.42 Å². The van der Waals surface area contributed by atoms with E-state index in [1.807, 2.05) is 54.7 Å². The number of rotatable bonds is 7. The van der Waals surface area contributed by atoms with Gasteiger partial charge in [-0.15, -0.1) is 0 Å². The minimum Gasteiger partial charge on any atom is -0.494 e. The first-order chi connectivity index (χ1) is 8.95. The van der Waals surface area contributed by atoms with Crippen molar-refractivity contribution in [2.45, 2.75) is 19.3 Å². The van der Waals surface area contributed by atoms with E-state index in [-0.39, 0.29) is 0 Å². The molecule has 0 amide bonds. The van der Waals surface area contributed by atoms with E-state index in [1.54, 1.807) is 0 Å². The molecular formula is C16H18NO. The number of hydrogen-bond acceptors (Lipinski definition) is 2. The minimum absolute atomic E-state index is 0.778. The molecule has 0 aliphatic carbocycles. The average molecular weight is 240 g/mol. The van der Waals surface area contributed by atoms with E-state index in [0.29, 0.717) is 0 Å². The van der Waals surface area contributed by atoms with Crippen LogP contribution in [0.1, 0.15) is 25.0 Å². The van der Waals surface area contributed by atoms with Crippen LogP contribution in [0.5, 0.6) is 5.75 Å². The average Bonchev–Trinajstić information content (AvgIpc) is 2.45. The molecule has 0 atom stereocenters. The molecule has 0 bridgehead atoms. The fourth-order valence-corrected chi connectivity index (χ4v) is 1.70. The van der Waals surface area contributed by atoms with Crippen LogP contribution < -0.4 is 4.74 Å². The Hall–Kier alpha value is -1.83. The maximum atomic E-state index is 5.63. The highest BCUT2D eigenvalue weighted by Crippen LogP contribution is 2.10. The van der Waals surface area contributed by atoms with Gasteiger partial charge < -0.3 is 4.74 Å². The molecule has 1 aromatic heterocycles. The third-order valence-electron chi connectivity index (χ3n) is 2.65. The summed E-state index contributed by atoms with van der Waals surface area (Å²) in [4.78, 5) is 4.26. The van der Waals surface area contributed by atoms with Crippen molar-refractivity contribution in [2.24, 2.45) is 0 Å². The molecule has 1 aromatic carbocycles. The molecule has 2 rings (SSSR count). The highest BCUT2D eigenvalue weighted by Gasteiger charge is 1.95. The molecule has 0 aliphatic rings. The molecule has 2 nitrogen and oxygen atoms in total. The van der Waals surface area contributed by atoms with Crippen LogP contribution in [0.2, 0.25) is 0 Å². The summed E-state index contributed by atoms with van der Waals surface area (Å²) in [6.45, 7) is 0.778. The zero-order chi connectivity index (χ0) is 12.5. The summed E-state index contributed by atoms with van der Waals surface area (Å²) in [5.41, 5.74) is 1.06. The number of para-hydroxylation sites is 1. The second-order valence-electron chi connectivity index (χ2n) is 4.12. The fraction of sp³-hybridized carbons (Fsp3) is 0.250. The van der Waals surface area contributed by atoms with Crippen molar-refractivity contribution in [3.63, 3.8) is 0 Å². The summed E-state index contributed by atoms with van der Waals surface area (Å²) in [5.74, 6) is 0.950. The Bertz CT molecular complexity index is 384. The summed E-state index contributed by atoms with van der Waals surface area (Å²) < 4.78 is 5.63. The van der Waals surface area contributed by atoms with E-state index in [2.05, 4.69) is 11.4 Å². The van der Waals surface area contributed by atoms with Crippen molar-refractivity contribution >= 4 is 0 Å². The first kappa shape index (κ1) is 12.6. The Morgan fingerprint density at radius 3 is 2.56 bits per heavy atom. The lowest BCUT2D eigenvalue weighted by Gasteiger charge is -2.05. The van der Waals surface area contributed by atoms with Gasteiger partial charge >= 0.3 is 0 Å². The van der Waals surface area contributed by atoms with Gasteiger partial charge in [-0.1, -0.05) is 24.3 Å². The number of pyridine rings is 1. The van der Waals surface area contributed by atoms with Gasteiger partial charge in [0.25, 0.3) is 0 Å².